The number of nitrogens with zero attached hydrogens (tertiary/aromatic N) is 6. The first-order valence-corrected chi connectivity index (χ1v) is 15.7. The third-order valence-corrected chi connectivity index (χ3v) is 9.69. The number of amides is 6. The van der Waals surface area contributed by atoms with Crippen molar-refractivity contribution in [2.24, 2.45) is 10.2 Å². The summed E-state index contributed by atoms with van der Waals surface area (Å²) in [5, 5.41) is 32.0. The Bertz CT molecular complexity index is 1480. The van der Waals surface area contributed by atoms with Crippen LogP contribution in [-0.2, 0) is 24.0 Å². The molecule has 4 N–H and O–H groups in total. The van der Waals surface area contributed by atoms with Gasteiger partial charge in [0.25, 0.3) is 5.91 Å². The van der Waals surface area contributed by atoms with Crippen LogP contribution in [0.1, 0.15) is 18.5 Å². The van der Waals surface area contributed by atoms with Gasteiger partial charge in [-0.3, -0.25) is 29.0 Å². The van der Waals surface area contributed by atoms with Crippen LogP contribution in [0.15, 0.2) is 45.7 Å². The van der Waals surface area contributed by atoms with Gasteiger partial charge in [0.05, 0.1) is 0 Å². The highest BCUT2D eigenvalue weighted by Gasteiger charge is 2.54. The van der Waals surface area contributed by atoms with Crippen molar-refractivity contribution in [3.8, 4) is 5.75 Å². The van der Waals surface area contributed by atoms with E-state index in [1.54, 1.807) is 25.9 Å². The van der Waals surface area contributed by atoms with Gasteiger partial charge in [0.1, 0.15) is 28.9 Å². The summed E-state index contributed by atoms with van der Waals surface area (Å²) in [6.07, 6.45) is 0. The molecule has 16 nitrogen and oxygen atoms in total. The lowest BCUT2D eigenvalue weighted by molar-refractivity contribution is -0.153. The van der Waals surface area contributed by atoms with E-state index in [0.717, 1.165) is 4.90 Å². The molecule has 0 bridgehead atoms. The Balaban J connectivity index is 1.51. The molecule has 18 heteroatoms. The average Bonchev–Trinajstić information content (AvgIpc) is 3.01. The Morgan fingerprint density at radius 2 is 1.84 bits per heavy atom. The molecule has 0 aliphatic carbocycles. The number of imide groups is 1. The van der Waals surface area contributed by atoms with Gasteiger partial charge in [-0.15, -0.1) is 16.9 Å². The van der Waals surface area contributed by atoms with E-state index < -0.39 is 53.1 Å². The van der Waals surface area contributed by atoms with Crippen molar-refractivity contribution in [1.82, 2.24) is 30.2 Å². The number of β-lactam (4-membered cyclic amide) rings is 1. The van der Waals surface area contributed by atoms with Crippen molar-refractivity contribution in [3.05, 3.63) is 41.1 Å². The average molecular weight is 661 g/mol. The topological polar surface area (TPSA) is 205 Å². The summed E-state index contributed by atoms with van der Waals surface area (Å²) in [6, 6.07) is 1.84. The molecule has 0 saturated carbocycles. The molecular weight excluding hydrogens is 628 g/mol. The largest absolute Gasteiger partial charge is 0.508 e. The number of carbonyl (C=O) groups excluding carboxylic acids is 5. The molecule has 3 aliphatic heterocycles. The highest BCUT2D eigenvalue weighted by atomic mass is 32.2. The first-order valence-electron chi connectivity index (χ1n) is 13.6. The van der Waals surface area contributed by atoms with Gasteiger partial charge in [-0.25, -0.2) is 9.59 Å². The molecule has 3 heterocycles. The van der Waals surface area contributed by atoms with Crippen molar-refractivity contribution in [1.29, 1.82) is 0 Å². The molecule has 0 aromatic heterocycles. The monoisotopic (exact) mass is 660 g/mol. The number of hydrogen-bond acceptors (Lipinski definition) is 11. The maximum absolute atomic E-state index is 13.6. The smallest absolute Gasteiger partial charge is 0.352 e. The molecule has 2 saturated heterocycles. The fraction of sp³-hybridized carbons (Fsp3) is 0.407. The zero-order chi connectivity index (χ0) is 33.0. The zero-order valence-electron chi connectivity index (χ0n) is 24.6. The number of benzene rings is 1. The predicted molar refractivity (Wildman–Crippen MR) is 166 cm³/mol. The maximum Gasteiger partial charge on any atom is 0.352 e. The van der Waals surface area contributed by atoms with E-state index in [1.165, 1.54) is 52.7 Å². The lowest BCUT2D eigenvalue weighted by Crippen LogP contribution is -2.71. The number of amidine groups is 1. The number of phenols is 1. The maximum atomic E-state index is 13.6. The summed E-state index contributed by atoms with van der Waals surface area (Å²) in [7, 11) is 3.50. The lowest BCUT2D eigenvalue weighted by atomic mass is 10.0. The minimum absolute atomic E-state index is 0.0835. The van der Waals surface area contributed by atoms with Crippen LogP contribution in [0.5, 0.6) is 5.75 Å². The first kappa shape index (κ1) is 33.3. The number of aromatic hydroxyl groups is 1. The summed E-state index contributed by atoms with van der Waals surface area (Å²) in [6.45, 7) is 5.38. The number of carbonyl (C=O) groups is 6. The summed E-state index contributed by atoms with van der Waals surface area (Å²) < 4.78 is 0. The summed E-state index contributed by atoms with van der Waals surface area (Å²) >= 11 is 2.50. The number of carboxylic acid groups (broad SMARTS) is 1. The van der Waals surface area contributed by atoms with Crippen LogP contribution in [0.2, 0.25) is 0 Å². The van der Waals surface area contributed by atoms with Crippen LogP contribution >= 0.6 is 23.5 Å². The third kappa shape index (κ3) is 6.90. The Kier molecular flexibility index (Phi) is 10.4. The highest BCUT2D eigenvalue weighted by Crippen LogP contribution is 2.41. The standard InChI is InChI=1S/C27H32N8O8S2/c1-5-33-10-11-34(23(40)22(33)39)26(43)30-17(14-6-8-16(36)9-7-14)20(37)29-18-21(38)35-19(25(41)42)15(12-44-24(18)35)13-45-27(31-28-2)32(3)4/h6-9,17-18,24,36H,2,5,10-13H2,1,3-4H3,(H,29,37)(H,30,43)(H,41,42)/b31-27+/t17-,18+,24?/m0/s1. The summed E-state index contributed by atoms with van der Waals surface area (Å²) in [5.74, 6) is -4.27. The normalized spacial score (nSPS) is 20.7. The molecule has 3 aliphatic rings. The first-order chi connectivity index (χ1) is 21.4. The molecule has 240 valence electrons. The number of piperazine rings is 1. The predicted octanol–water partition coefficient (Wildman–Crippen LogP) is -0.161. The van der Waals surface area contributed by atoms with Crippen molar-refractivity contribution < 1.29 is 39.0 Å². The molecule has 0 spiro atoms. The van der Waals surface area contributed by atoms with E-state index in [9.17, 15) is 39.0 Å². The Morgan fingerprint density at radius 3 is 2.44 bits per heavy atom. The number of thioether (sulfide) groups is 2. The number of phenolic OH excluding ortho intramolecular Hbond substituents is 1. The third-order valence-electron chi connectivity index (χ3n) is 7.15. The van der Waals surface area contributed by atoms with Crippen LogP contribution < -0.4 is 10.6 Å². The molecule has 45 heavy (non-hydrogen) atoms. The number of urea groups is 1. The lowest BCUT2D eigenvalue weighted by Gasteiger charge is -2.49. The number of carboxylic acids is 1. The van der Waals surface area contributed by atoms with Gasteiger partial charge < -0.3 is 30.6 Å². The van der Waals surface area contributed by atoms with E-state index in [4.69, 9.17) is 0 Å². The van der Waals surface area contributed by atoms with Crippen LogP contribution in [0, 0.1) is 0 Å². The molecule has 6 amide bonds. The Morgan fingerprint density at radius 1 is 1.16 bits per heavy atom. The van der Waals surface area contributed by atoms with Gasteiger partial charge in [0.2, 0.25) is 5.91 Å². The van der Waals surface area contributed by atoms with Crippen molar-refractivity contribution in [3.63, 3.8) is 0 Å². The van der Waals surface area contributed by atoms with Crippen LogP contribution in [0.4, 0.5) is 4.79 Å². The Labute approximate surface area is 266 Å². The number of rotatable bonds is 9. The number of likely N-dealkylation sites (N-methyl/N-ethyl adjacent to an activating group) is 1. The molecule has 3 atom stereocenters. The van der Waals surface area contributed by atoms with Gasteiger partial charge >= 0.3 is 23.8 Å². The number of nitrogens with one attached hydrogen (secondary N) is 2. The van der Waals surface area contributed by atoms with Crippen molar-refractivity contribution >= 4 is 71.0 Å². The van der Waals surface area contributed by atoms with Crippen LogP contribution in [0.25, 0.3) is 0 Å². The zero-order valence-corrected chi connectivity index (χ0v) is 26.3. The number of fused-ring (bicyclic) bond motifs is 1. The second-order valence-electron chi connectivity index (χ2n) is 10.2. The van der Waals surface area contributed by atoms with Gasteiger partial charge in [-0.05, 0) is 30.2 Å². The fourth-order valence-corrected chi connectivity index (χ4v) is 7.22. The van der Waals surface area contributed by atoms with Crippen molar-refractivity contribution in [2.45, 2.75) is 24.4 Å². The van der Waals surface area contributed by atoms with Crippen LogP contribution in [0.3, 0.4) is 0 Å². The minimum atomic E-state index is -1.43. The van der Waals surface area contributed by atoms with Gasteiger partial charge in [0.15, 0.2) is 5.17 Å². The molecule has 1 unspecified atom stereocenters. The quantitative estimate of drug-likeness (QED) is 0.0901. The molecule has 4 rings (SSSR count). The summed E-state index contributed by atoms with van der Waals surface area (Å²) in [5.41, 5.74) is 0.536. The fourth-order valence-electron chi connectivity index (χ4n) is 4.83. The van der Waals surface area contributed by atoms with Crippen LogP contribution in [-0.4, -0.2) is 134 Å². The SMILES string of the molecule is C=N/N=C(/SCC1=C(C(=O)O)N2C(=O)[C@@H](NC(=O)[C@@H](NC(=O)N3CCN(CC)C(=O)C3=O)c3ccc(O)cc3)C2SC1)N(C)C. The second kappa shape index (κ2) is 14.0. The van der Waals surface area contributed by atoms with Gasteiger partial charge in [-0.2, -0.15) is 5.10 Å². The summed E-state index contributed by atoms with van der Waals surface area (Å²) in [4.78, 5) is 82.0. The Hall–Kier alpha value is -4.58. The van der Waals surface area contributed by atoms with E-state index in [0.29, 0.717) is 22.2 Å². The minimum Gasteiger partial charge on any atom is -0.508 e. The highest BCUT2D eigenvalue weighted by molar-refractivity contribution is 8.14. The molecule has 2 fully saturated rings. The number of hydrogen-bond donors (Lipinski definition) is 4. The van der Waals surface area contributed by atoms with Gasteiger partial charge in [0, 0.05) is 52.0 Å². The van der Waals surface area contributed by atoms with E-state index in [2.05, 4.69) is 27.6 Å². The molecule has 0 radical (unpaired) electrons. The molecule has 1 aromatic rings. The van der Waals surface area contributed by atoms with E-state index >= 15 is 0 Å². The van der Waals surface area contributed by atoms with Gasteiger partial charge in [-0.1, -0.05) is 23.9 Å². The molecule has 1 aromatic carbocycles. The second-order valence-corrected chi connectivity index (χ2v) is 12.2. The van der Waals surface area contributed by atoms with Crippen molar-refractivity contribution in [2.75, 3.05) is 45.2 Å². The van der Waals surface area contributed by atoms with E-state index in [1.807, 2.05) is 0 Å². The molecular formula is C27H32N8O8S2. The van der Waals surface area contributed by atoms with E-state index in [-0.39, 0.29) is 41.6 Å². The number of aliphatic carboxylic acids is 1.